The summed E-state index contributed by atoms with van der Waals surface area (Å²) >= 11 is 0. The van der Waals surface area contributed by atoms with Crippen LogP contribution in [0, 0.1) is 17.8 Å². The number of fused-ring (bicyclic) bond motifs is 1. The fourth-order valence-corrected chi connectivity index (χ4v) is 4.39. The molecule has 27 heavy (non-hydrogen) atoms. The zero-order valence-corrected chi connectivity index (χ0v) is 15.7. The van der Waals surface area contributed by atoms with Crippen LogP contribution in [0.15, 0.2) is 11.8 Å². The molecule has 1 saturated heterocycles. The molecule has 0 spiro atoms. The molecule has 2 aliphatic heterocycles. The SMILES string of the molecule is COC(=O)C1=COC(OC2OC(CO)C(OC)C(O)C2O)C2C(C)CCC12. The van der Waals surface area contributed by atoms with Crippen molar-refractivity contribution in [2.24, 2.45) is 17.8 Å². The Morgan fingerprint density at radius 1 is 1.22 bits per heavy atom. The van der Waals surface area contributed by atoms with E-state index >= 15 is 0 Å². The number of carbonyl (C=O) groups is 1. The van der Waals surface area contributed by atoms with Gasteiger partial charge in [-0.2, -0.15) is 0 Å². The Labute approximate surface area is 157 Å². The molecule has 0 aromatic rings. The van der Waals surface area contributed by atoms with E-state index in [0.29, 0.717) is 5.57 Å². The molecule has 0 amide bonds. The molecular formula is C18H28O9. The number of rotatable bonds is 5. The number of esters is 1. The van der Waals surface area contributed by atoms with Crippen molar-refractivity contribution in [2.75, 3.05) is 20.8 Å². The summed E-state index contributed by atoms with van der Waals surface area (Å²) in [6, 6.07) is 0. The van der Waals surface area contributed by atoms with E-state index in [1.807, 2.05) is 0 Å². The minimum Gasteiger partial charge on any atom is -0.472 e. The van der Waals surface area contributed by atoms with E-state index in [0.717, 1.165) is 12.8 Å². The van der Waals surface area contributed by atoms with Gasteiger partial charge in [0, 0.05) is 18.9 Å². The van der Waals surface area contributed by atoms with E-state index in [2.05, 4.69) is 6.92 Å². The summed E-state index contributed by atoms with van der Waals surface area (Å²) in [6.07, 6.45) is -3.29. The molecule has 9 heteroatoms. The fourth-order valence-electron chi connectivity index (χ4n) is 4.39. The van der Waals surface area contributed by atoms with Crippen LogP contribution in [0.5, 0.6) is 0 Å². The topological polar surface area (TPSA) is 124 Å². The van der Waals surface area contributed by atoms with Gasteiger partial charge >= 0.3 is 5.97 Å². The molecule has 3 aliphatic rings. The van der Waals surface area contributed by atoms with Crippen LogP contribution in [-0.4, -0.2) is 79.1 Å². The van der Waals surface area contributed by atoms with Gasteiger partial charge in [0.05, 0.1) is 25.6 Å². The van der Waals surface area contributed by atoms with Crippen molar-refractivity contribution in [2.45, 2.75) is 56.8 Å². The number of aliphatic hydroxyl groups excluding tert-OH is 3. The number of carbonyl (C=O) groups excluding carboxylic acids is 1. The van der Waals surface area contributed by atoms with E-state index in [9.17, 15) is 20.1 Å². The normalized spacial score (nSPS) is 44.2. The zero-order valence-electron chi connectivity index (χ0n) is 15.7. The number of aliphatic hydroxyl groups is 3. The van der Waals surface area contributed by atoms with E-state index in [4.69, 9.17) is 23.7 Å². The van der Waals surface area contributed by atoms with E-state index in [-0.39, 0.29) is 17.8 Å². The highest BCUT2D eigenvalue weighted by molar-refractivity contribution is 5.89. The average Bonchev–Trinajstić information content (AvgIpc) is 3.07. The van der Waals surface area contributed by atoms with Crippen LogP contribution in [0.3, 0.4) is 0 Å². The van der Waals surface area contributed by atoms with Crippen molar-refractivity contribution in [1.82, 2.24) is 0 Å². The lowest BCUT2D eigenvalue weighted by Crippen LogP contribution is -2.60. The van der Waals surface area contributed by atoms with Crippen molar-refractivity contribution in [3.63, 3.8) is 0 Å². The van der Waals surface area contributed by atoms with Crippen LogP contribution in [0.4, 0.5) is 0 Å². The van der Waals surface area contributed by atoms with E-state index in [1.54, 1.807) is 0 Å². The molecule has 154 valence electrons. The Bertz CT molecular complexity index is 563. The molecular weight excluding hydrogens is 360 g/mol. The molecule has 0 radical (unpaired) electrons. The highest BCUT2D eigenvalue weighted by atomic mass is 16.8. The van der Waals surface area contributed by atoms with Crippen LogP contribution in [0.25, 0.3) is 0 Å². The molecule has 1 saturated carbocycles. The third-order valence-electron chi connectivity index (χ3n) is 5.88. The molecule has 3 rings (SSSR count). The third-order valence-corrected chi connectivity index (χ3v) is 5.88. The van der Waals surface area contributed by atoms with Gasteiger partial charge in [-0.3, -0.25) is 0 Å². The molecule has 9 nitrogen and oxygen atoms in total. The quantitative estimate of drug-likeness (QED) is 0.536. The monoisotopic (exact) mass is 388 g/mol. The summed E-state index contributed by atoms with van der Waals surface area (Å²) in [5.41, 5.74) is 0.476. The van der Waals surface area contributed by atoms with E-state index < -0.39 is 49.6 Å². The number of hydrogen-bond acceptors (Lipinski definition) is 9. The first kappa shape index (κ1) is 20.5. The first-order chi connectivity index (χ1) is 12.9. The van der Waals surface area contributed by atoms with Gasteiger partial charge < -0.3 is 39.0 Å². The van der Waals surface area contributed by atoms with Crippen LogP contribution in [0.1, 0.15) is 19.8 Å². The highest BCUT2D eigenvalue weighted by Gasteiger charge is 2.51. The van der Waals surface area contributed by atoms with Crippen molar-refractivity contribution < 1.29 is 43.8 Å². The minimum absolute atomic E-state index is 0.0720. The molecule has 0 bridgehead atoms. The highest BCUT2D eigenvalue weighted by Crippen LogP contribution is 2.47. The summed E-state index contributed by atoms with van der Waals surface area (Å²) in [5.74, 6) is -0.397. The Hall–Kier alpha value is -1.23. The van der Waals surface area contributed by atoms with Crippen LogP contribution in [-0.2, 0) is 28.5 Å². The second-order valence-electron chi connectivity index (χ2n) is 7.35. The van der Waals surface area contributed by atoms with E-state index in [1.165, 1.54) is 20.5 Å². The minimum atomic E-state index is -1.37. The van der Waals surface area contributed by atoms with Gasteiger partial charge in [0.2, 0.25) is 6.29 Å². The molecule has 0 aromatic heterocycles. The lowest BCUT2D eigenvalue weighted by atomic mass is 9.83. The van der Waals surface area contributed by atoms with Crippen molar-refractivity contribution in [3.8, 4) is 0 Å². The first-order valence-electron chi connectivity index (χ1n) is 9.17. The van der Waals surface area contributed by atoms with Crippen molar-refractivity contribution in [3.05, 3.63) is 11.8 Å². The Kier molecular flexibility index (Phi) is 6.39. The summed E-state index contributed by atoms with van der Waals surface area (Å²) in [7, 11) is 2.69. The number of ether oxygens (including phenoxy) is 5. The molecule has 2 fully saturated rings. The summed E-state index contributed by atoms with van der Waals surface area (Å²) in [6.45, 7) is 1.65. The van der Waals surface area contributed by atoms with Gasteiger partial charge in [0.15, 0.2) is 6.29 Å². The molecule has 1 aliphatic carbocycles. The predicted molar refractivity (Wildman–Crippen MR) is 90.0 cm³/mol. The van der Waals surface area contributed by atoms with Crippen LogP contribution < -0.4 is 0 Å². The van der Waals surface area contributed by atoms with Gasteiger partial charge in [-0.15, -0.1) is 0 Å². The maximum Gasteiger partial charge on any atom is 0.337 e. The largest absolute Gasteiger partial charge is 0.472 e. The maximum atomic E-state index is 12.0. The molecule has 9 unspecified atom stereocenters. The zero-order chi connectivity index (χ0) is 19.7. The Morgan fingerprint density at radius 2 is 1.96 bits per heavy atom. The summed E-state index contributed by atoms with van der Waals surface area (Å²) in [5, 5.41) is 30.1. The van der Waals surface area contributed by atoms with Crippen LogP contribution in [0.2, 0.25) is 0 Å². The third kappa shape index (κ3) is 3.72. The van der Waals surface area contributed by atoms with Gasteiger partial charge in [-0.05, 0) is 18.8 Å². The smallest absolute Gasteiger partial charge is 0.337 e. The van der Waals surface area contributed by atoms with Crippen LogP contribution >= 0.6 is 0 Å². The van der Waals surface area contributed by atoms with Gasteiger partial charge in [-0.1, -0.05) is 6.92 Å². The average molecular weight is 388 g/mol. The molecule has 2 heterocycles. The Morgan fingerprint density at radius 3 is 2.59 bits per heavy atom. The standard InChI is InChI=1S/C18H28O9/c1-8-4-5-9-10(16(22)24-3)7-25-17(12(8)9)27-18-14(21)13(20)15(23-2)11(6-19)26-18/h7-9,11-15,17-21H,4-6H2,1-3H3. The summed E-state index contributed by atoms with van der Waals surface area (Å²) < 4.78 is 27.1. The molecule has 9 atom stereocenters. The fraction of sp³-hybridized carbons (Fsp3) is 0.833. The predicted octanol–water partition coefficient (Wildman–Crippen LogP) is -0.467. The number of methoxy groups -OCH3 is 2. The first-order valence-corrected chi connectivity index (χ1v) is 9.17. The molecule has 0 aromatic carbocycles. The van der Waals surface area contributed by atoms with Gasteiger partial charge in [-0.25, -0.2) is 4.79 Å². The molecule has 3 N–H and O–H groups in total. The lowest BCUT2D eigenvalue weighted by Gasteiger charge is -2.44. The number of hydrogen-bond donors (Lipinski definition) is 3. The second kappa shape index (κ2) is 8.42. The lowest BCUT2D eigenvalue weighted by molar-refractivity contribution is -0.344. The van der Waals surface area contributed by atoms with Crippen molar-refractivity contribution in [1.29, 1.82) is 0 Å². The Balaban J connectivity index is 1.76. The van der Waals surface area contributed by atoms with Gasteiger partial charge in [0.25, 0.3) is 0 Å². The van der Waals surface area contributed by atoms with Gasteiger partial charge in [0.1, 0.15) is 24.4 Å². The maximum absolute atomic E-state index is 12.0. The summed E-state index contributed by atoms with van der Waals surface area (Å²) in [4.78, 5) is 12.0. The van der Waals surface area contributed by atoms with Crippen molar-refractivity contribution >= 4 is 5.97 Å². The second-order valence-corrected chi connectivity index (χ2v) is 7.35.